The zero-order valence-corrected chi connectivity index (χ0v) is 4.20. The van der Waals surface area contributed by atoms with E-state index in [-0.39, 0.29) is 17.0 Å². The number of hydrogen-bond donors (Lipinski definition) is 0. The zero-order valence-electron chi connectivity index (χ0n) is 2.49. The molecule has 1 heteroatoms. The maximum absolute atomic E-state index is 4.60. The van der Waals surface area contributed by atoms with Crippen LogP contribution in [0.2, 0.25) is 0 Å². The molecule has 0 amide bonds. The van der Waals surface area contributed by atoms with Crippen LogP contribution in [0, 0.1) is 12.3 Å². The molecule has 0 bridgehead atoms. The normalized spacial score (nSPS) is 2.00. The van der Waals surface area contributed by atoms with E-state index in [0.29, 0.717) is 0 Å². The van der Waals surface area contributed by atoms with E-state index < -0.39 is 0 Å². The van der Waals surface area contributed by atoms with Gasteiger partial charge in [0, 0.05) is 0 Å². The quantitative estimate of drug-likeness (QED) is 0.422. The number of terminal acetylenes is 1. The largest absolute Gasteiger partial charge is 0.120 e. The fourth-order valence-corrected chi connectivity index (χ4v) is 0. The van der Waals surface area contributed by atoms with Gasteiger partial charge < -0.3 is 0 Å². The minimum Gasteiger partial charge on any atom is -0.120 e. The second kappa shape index (κ2) is 11.7. The molecule has 0 aliphatic carbocycles. The molecule has 0 saturated carbocycles. The number of rotatable bonds is 0. The van der Waals surface area contributed by atoms with Gasteiger partial charge in [-0.3, -0.25) is 0 Å². The van der Waals surface area contributed by atoms with Gasteiger partial charge in [0.2, 0.25) is 0 Å². The topological polar surface area (TPSA) is 0 Å². The van der Waals surface area contributed by atoms with Gasteiger partial charge in [-0.1, -0.05) is 0 Å². The van der Waals surface area contributed by atoms with Gasteiger partial charge in [-0.05, 0) is 6.92 Å². The Hall–Kier alpha value is 0.0400. The Balaban J connectivity index is 0. The fraction of sp³-hybridized carbons (Fsp3) is 0.333. The Labute approximate surface area is 37.0 Å². The average molecular weight is 121 g/mol. The smallest absolute Gasteiger partial charge is 0.00297 e. The molecule has 0 fully saturated rings. The van der Waals surface area contributed by atoms with E-state index in [1.165, 1.54) is 0 Å². The third kappa shape index (κ3) is 1380. The van der Waals surface area contributed by atoms with Crippen molar-refractivity contribution in [1.29, 1.82) is 0 Å². The zero-order chi connectivity index (χ0) is 2.71. The van der Waals surface area contributed by atoms with Crippen LogP contribution in [-0.2, 0) is 0 Å². The molecular formula is C3H5Br. The third-order valence-corrected chi connectivity index (χ3v) is 0. The van der Waals surface area contributed by atoms with Crippen molar-refractivity contribution >= 4 is 17.0 Å². The van der Waals surface area contributed by atoms with Crippen LogP contribution in [0.3, 0.4) is 0 Å². The average Bonchev–Trinajstić information content (AvgIpc) is 0.918. The molecule has 0 aromatic heterocycles. The lowest BCUT2D eigenvalue weighted by molar-refractivity contribution is 1.94. The van der Waals surface area contributed by atoms with Crippen molar-refractivity contribution in [3.05, 3.63) is 0 Å². The highest BCUT2D eigenvalue weighted by Crippen LogP contribution is 1.21. The summed E-state index contributed by atoms with van der Waals surface area (Å²) < 4.78 is 0. The highest BCUT2D eigenvalue weighted by atomic mass is 79.9. The Kier molecular flexibility index (Phi) is 26.2. The van der Waals surface area contributed by atoms with E-state index in [1.807, 2.05) is 0 Å². The first kappa shape index (κ1) is 8.97. The van der Waals surface area contributed by atoms with Crippen LogP contribution in [0.5, 0.6) is 0 Å². The fourth-order valence-electron chi connectivity index (χ4n) is 0. The molecule has 0 aliphatic heterocycles. The molecule has 0 aromatic carbocycles. The van der Waals surface area contributed by atoms with Gasteiger partial charge in [0.1, 0.15) is 0 Å². The van der Waals surface area contributed by atoms with Crippen LogP contribution in [0.4, 0.5) is 0 Å². The van der Waals surface area contributed by atoms with Crippen LogP contribution in [0.15, 0.2) is 0 Å². The van der Waals surface area contributed by atoms with Crippen molar-refractivity contribution in [3.63, 3.8) is 0 Å². The molecule has 0 spiro atoms. The Morgan fingerprint density at radius 1 is 1.75 bits per heavy atom. The maximum atomic E-state index is 4.60. The molecule has 0 heterocycles. The van der Waals surface area contributed by atoms with Crippen LogP contribution in [0.25, 0.3) is 0 Å². The predicted molar refractivity (Wildman–Crippen MR) is 24.8 cm³/mol. The SMILES string of the molecule is Br.C#CC. The first-order valence-corrected chi connectivity index (χ1v) is 0.789. The van der Waals surface area contributed by atoms with Crippen molar-refractivity contribution in [2.45, 2.75) is 6.92 Å². The van der Waals surface area contributed by atoms with E-state index in [4.69, 9.17) is 0 Å². The lowest BCUT2D eigenvalue weighted by atomic mass is 10.9. The summed E-state index contributed by atoms with van der Waals surface area (Å²) in [6.45, 7) is 1.65. The monoisotopic (exact) mass is 120 g/mol. The maximum Gasteiger partial charge on any atom is -0.00297 e. The first-order chi connectivity index (χ1) is 1.41. The van der Waals surface area contributed by atoms with E-state index in [2.05, 4.69) is 12.3 Å². The van der Waals surface area contributed by atoms with Crippen molar-refractivity contribution in [1.82, 2.24) is 0 Å². The summed E-state index contributed by atoms with van der Waals surface area (Å²) in [4.78, 5) is 0. The minimum atomic E-state index is 0. The lowest BCUT2D eigenvalue weighted by Crippen LogP contribution is -1.10. The van der Waals surface area contributed by atoms with Crippen molar-refractivity contribution in [2.24, 2.45) is 0 Å². The van der Waals surface area contributed by atoms with Gasteiger partial charge >= 0.3 is 0 Å². The Morgan fingerprint density at radius 2 is 1.75 bits per heavy atom. The van der Waals surface area contributed by atoms with E-state index in [9.17, 15) is 0 Å². The molecule has 0 unspecified atom stereocenters. The molecular weight excluding hydrogens is 116 g/mol. The summed E-state index contributed by atoms with van der Waals surface area (Å²) >= 11 is 0. The van der Waals surface area contributed by atoms with Crippen LogP contribution in [0.1, 0.15) is 6.92 Å². The van der Waals surface area contributed by atoms with Crippen molar-refractivity contribution in [3.8, 4) is 12.3 Å². The summed E-state index contributed by atoms with van der Waals surface area (Å²) in [5.74, 6) is 2.25. The molecule has 24 valence electrons. The van der Waals surface area contributed by atoms with Crippen LogP contribution < -0.4 is 0 Å². The minimum absolute atomic E-state index is 0. The summed E-state index contributed by atoms with van der Waals surface area (Å²) in [5, 5.41) is 0. The van der Waals surface area contributed by atoms with Crippen LogP contribution in [-0.4, -0.2) is 0 Å². The second-order valence-electron chi connectivity index (χ2n) is 0.289. The summed E-state index contributed by atoms with van der Waals surface area (Å²) in [5.41, 5.74) is 0. The molecule has 0 aromatic rings. The Morgan fingerprint density at radius 3 is 1.75 bits per heavy atom. The summed E-state index contributed by atoms with van der Waals surface area (Å²) in [7, 11) is 0. The molecule has 0 radical (unpaired) electrons. The van der Waals surface area contributed by atoms with Gasteiger partial charge in [-0.25, -0.2) is 0 Å². The van der Waals surface area contributed by atoms with Gasteiger partial charge in [0.05, 0.1) is 0 Å². The number of halogens is 1. The van der Waals surface area contributed by atoms with E-state index >= 15 is 0 Å². The molecule has 0 saturated heterocycles. The molecule has 0 aliphatic rings. The number of hydrogen-bond acceptors (Lipinski definition) is 0. The van der Waals surface area contributed by atoms with E-state index in [1.54, 1.807) is 6.92 Å². The van der Waals surface area contributed by atoms with Crippen LogP contribution >= 0.6 is 17.0 Å². The molecule has 0 rings (SSSR count). The van der Waals surface area contributed by atoms with Crippen molar-refractivity contribution < 1.29 is 0 Å². The van der Waals surface area contributed by atoms with Gasteiger partial charge in [0.15, 0.2) is 0 Å². The lowest BCUT2D eigenvalue weighted by Gasteiger charge is -1.23. The molecule has 4 heavy (non-hydrogen) atoms. The van der Waals surface area contributed by atoms with Gasteiger partial charge in [-0.2, -0.15) is 0 Å². The summed E-state index contributed by atoms with van der Waals surface area (Å²) in [6.07, 6.45) is 4.60. The highest BCUT2D eigenvalue weighted by Gasteiger charge is 1.09. The van der Waals surface area contributed by atoms with E-state index in [0.717, 1.165) is 0 Å². The van der Waals surface area contributed by atoms with Gasteiger partial charge in [-0.15, -0.1) is 29.3 Å². The predicted octanol–water partition coefficient (Wildman–Crippen LogP) is 1.22. The van der Waals surface area contributed by atoms with Gasteiger partial charge in [0.25, 0.3) is 0 Å². The third-order valence-electron chi connectivity index (χ3n) is 0. The summed E-state index contributed by atoms with van der Waals surface area (Å²) in [6, 6.07) is 0. The highest BCUT2D eigenvalue weighted by molar-refractivity contribution is 8.93. The second-order valence-corrected chi connectivity index (χ2v) is 0.289. The Bertz CT molecular complexity index is 24.8. The first-order valence-electron chi connectivity index (χ1n) is 0.789. The standard InChI is InChI=1S/C3H4.BrH/c1-3-2;/h1H,2H3;1H. The molecule has 0 nitrogen and oxygen atoms in total. The molecule has 0 N–H and O–H groups in total. The van der Waals surface area contributed by atoms with Crippen molar-refractivity contribution in [2.75, 3.05) is 0 Å². The molecule has 0 atom stereocenters.